The number of hydrogen-bond donors (Lipinski definition) is 1. The van der Waals surface area contributed by atoms with Crippen LogP contribution in [0.25, 0.3) is 0 Å². The van der Waals surface area contributed by atoms with Gasteiger partial charge in [-0.2, -0.15) is 0 Å². The van der Waals surface area contributed by atoms with Crippen LogP contribution in [-0.4, -0.2) is 75.0 Å². The van der Waals surface area contributed by atoms with E-state index in [9.17, 15) is 5.11 Å². The number of aliphatic hydroxyl groups excluding tert-OH is 1. The Labute approximate surface area is 242 Å². The fourth-order valence-electron chi connectivity index (χ4n) is 6.95. The Kier molecular flexibility index (Phi) is 10.2. The summed E-state index contributed by atoms with van der Waals surface area (Å²) in [4.78, 5) is 0. The molecule has 9 atom stereocenters. The van der Waals surface area contributed by atoms with Gasteiger partial charge in [0.2, 0.25) is 8.32 Å². The van der Waals surface area contributed by atoms with E-state index < -0.39 is 57.2 Å². The van der Waals surface area contributed by atoms with Crippen LogP contribution in [0.3, 0.4) is 0 Å². The van der Waals surface area contributed by atoms with Crippen LogP contribution in [0.4, 0.5) is 0 Å². The highest BCUT2D eigenvalue weighted by molar-refractivity contribution is 6.77. The Morgan fingerprint density at radius 2 is 1.50 bits per heavy atom. The summed E-state index contributed by atoms with van der Waals surface area (Å²) in [5, 5.41) is 11.1. The Hall–Kier alpha value is -0.883. The lowest BCUT2D eigenvalue weighted by Gasteiger charge is -2.49. The van der Waals surface area contributed by atoms with E-state index in [4.69, 9.17) is 32.8 Å². The molecule has 0 aliphatic carbocycles. The second-order valence-corrected chi connectivity index (χ2v) is 18.6. The second kappa shape index (κ2) is 12.8. The molecule has 3 heterocycles. The van der Waals surface area contributed by atoms with Gasteiger partial charge in [0.25, 0.3) is 0 Å². The van der Waals surface area contributed by atoms with Crippen LogP contribution in [-0.2, 0) is 39.5 Å². The van der Waals surface area contributed by atoms with E-state index in [1.807, 2.05) is 58.0 Å². The molecule has 0 saturated carbocycles. The van der Waals surface area contributed by atoms with Crippen molar-refractivity contribution >= 4 is 8.32 Å². The molecule has 0 bridgehead atoms. The monoisotopic (exact) mass is 580 g/mol. The van der Waals surface area contributed by atoms with Crippen molar-refractivity contribution in [3.05, 3.63) is 35.9 Å². The molecule has 3 fully saturated rings. The van der Waals surface area contributed by atoms with Gasteiger partial charge in [-0.15, -0.1) is 0 Å². The van der Waals surface area contributed by atoms with E-state index in [2.05, 4.69) is 41.5 Å². The molecule has 3 unspecified atom stereocenters. The molecule has 3 saturated heterocycles. The zero-order chi connectivity index (χ0) is 29.4. The molecule has 228 valence electrons. The van der Waals surface area contributed by atoms with Crippen LogP contribution in [0.5, 0.6) is 0 Å². The van der Waals surface area contributed by atoms with Crippen molar-refractivity contribution in [2.45, 2.75) is 147 Å². The Morgan fingerprint density at radius 1 is 0.900 bits per heavy atom. The fourth-order valence-corrected chi connectivity index (χ4v) is 12.4. The molecule has 8 nitrogen and oxygen atoms in total. The standard InChI is InChI=1S/C31H52O8Si/c1-18(2)40(19(3)4,20(5)6)39-30-28-27(37-31(9,10)38-28)25(22(8)35-30)36-29-26(24(32)21(7)16-34-29)33-17-23-14-12-11-13-15-23/h11-15,18-22,24-30,32H,16-17H2,1-10H3/t21-,22?,24?,25-,26-,27?,28+,29-,30-/m1/s1. The predicted octanol–water partition coefficient (Wildman–Crippen LogP) is 5.77. The maximum absolute atomic E-state index is 11.1. The summed E-state index contributed by atoms with van der Waals surface area (Å²) < 4.78 is 45.5. The molecule has 0 amide bonds. The second-order valence-electron chi connectivity index (χ2n) is 13.2. The smallest absolute Gasteiger partial charge is 0.203 e. The first-order valence-corrected chi connectivity index (χ1v) is 17.2. The largest absolute Gasteiger partial charge is 0.390 e. The normalized spacial score (nSPS) is 36.4. The van der Waals surface area contributed by atoms with Crippen molar-refractivity contribution in [3.63, 3.8) is 0 Å². The van der Waals surface area contributed by atoms with Gasteiger partial charge in [-0.05, 0) is 43.0 Å². The molecule has 1 N–H and O–H groups in total. The minimum Gasteiger partial charge on any atom is -0.390 e. The van der Waals surface area contributed by atoms with E-state index in [1.54, 1.807) is 0 Å². The van der Waals surface area contributed by atoms with Gasteiger partial charge in [0.05, 0.1) is 25.4 Å². The quantitative estimate of drug-likeness (QED) is 0.350. The minimum atomic E-state index is -2.27. The fraction of sp³-hybridized carbons (Fsp3) is 0.806. The molecule has 0 radical (unpaired) electrons. The maximum atomic E-state index is 11.1. The van der Waals surface area contributed by atoms with E-state index >= 15 is 0 Å². The van der Waals surface area contributed by atoms with Crippen LogP contribution < -0.4 is 0 Å². The van der Waals surface area contributed by atoms with Gasteiger partial charge < -0.3 is 38.0 Å². The minimum absolute atomic E-state index is 0.0858. The predicted molar refractivity (Wildman–Crippen MR) is 155 cm³/mol. The zero-order valence-corrected chi connectivity index (χ0v) is 27.0. The SMILES string of the molecule is CC1O[C@H](O[Si](C(C)C)(C(C)C)C(C)C)[C@H]2OC(C)(C)OC2[C@@H]1O[C@H]1OC[C@@H](C)C(O)[C@H]1OCc1ccccc1. The number of rotatable bonds is 10. The van der Waals surface area contributed by atoms with E-state index in [1.165, 1.54) is 0 Å². The average Bonchev–Trinajstić information content (AvgIpc) is 3.21. The third kappa shape index (κ3) is 6.53. The molecule has 3 aliphatic rings. The van der Waals surface area contributed by atoms with E-state index in [-0.39, 0.29) is 12.0 Å². The van der Waals surface area contributed by atoms with Gasteiger partial charge in [0, 0.05) is 5.92 Å². The first kappa shape index (κ1) is 32.0. The summed E-state index contributed by atoms with van der Waals surface area (Å²) >= 11 is 0. The highest BCUT2D eigenvalue weighted by Gasteiger charge is 2.59. The summed E-state index contributed by atoms with van der Waals surface area (Å²) in [6.45, 7) is 22.1. The molecule has 9 heteroatoms. The number of aliphatic hydroxyl groups is 1. The van der Waals surface area contributed by atoms with Crippen LogP contribution >= 0.6 is 0 Å². The zero-order valence-electron chi connectivity index (χ0n) is 26.0. The molecule has 40 heavy (non-hydrogen) atoms. The summed E-state index contributed by atoms with van der Waals surface area (Å²) in [6.07, 6.45) is -4.52. The van der Waals surface area contributed by atoms with Crippen molar-refractivity contribution in [3.8, 4) is 0 Å². The topological polar surface area (TPSA) is 84.8 Å². The summed E-state index contributed by atoms with van der Waals surface area (Å²) in [6, 6.07) is 9.90. The number of fused-ring (bicyclic) bond motifs is 1. The first-order chi connectivity index (χ1) is 18.8. The molecule has 4 rings (SSSR count). The van der Waals surface area contributed by atoms with E-state index in [0.717, 1.165) is 5.56 Å². The summed E-state index contributed by atoms with van der Waals surface area (Å²) in [5.74, 6) is -0.911. The molecular formula is C31H52O8Si. The molecule has 3 aliphatic heterocycles. The molecule has 1 aromatic carbocycles. The van der Waals surface area contributed by atoms with Gasteiger partial charge in [0.15, 0.2) is 18.4 Å². The van der Waals surface area contributed by atoms with Crippen LogP contribution in [0.1, 0.15) is 74.8 Å². The summed E-state index contributed by atoms with van der Waals surface area (Å²) in [5.41, 5.74) is 2.21. The third-order valence-electron chi connectivity index (χ3n) is 8.88. The van der Waals surface area contributed by atoms with Crippen LogP contribution in [0, 0.1) is 5.92 Å². The molecule has 0 aromatic heterocycles. The lowest BCUT2D eigenvalue weighted by molar-refractivity contribution is -0.326. The first-order valence-electron chi connectivity index (χ1n) is 15.1. The Balaban J connectivity index is 1.55. The van der Waals surface area contributed by atoms with Crippen molar-refractivity contribution in [2.24, 2.45) is 5.92 Å². The third-order valence-corrected chi connectivity index (χ3v) is 14.9. The van der Waals surface area contributed by atoms with Gasteiger partial charge in [-0.1, -0.05) is 78.8 Å². The lowest BCUT2D eigenvalue weighted by atomic mass is 9.96. The van der Waals surface area contributed by atoms with Crippen LogP contribution in [0.15, 0.2) is 30.3 Å². The van der Waals surface area contributed by atoms with Crippen molar-refractivity contribution in [2.75, 3.05) is 6.61 Å². The number of hydrogen-bond acceptors (Lipinski definition) is 8. The van der Waals surface area contributed by atoms with Gasteiger partial charge in [-0.3, -0.25) is 0 Å². The Morgan fingerprint density at radius 3 is 2.10 bits per heavy atom. The highest BCUT2D eigenvalue weighted by Crippen LogP contribution is 2.47. The molecule has 1 aromatic rings. The molecule has 0 spiro atoms. The lowest BCUT2D eigenvalue weighted by Crippen LogP contribution is -2.63. The van der Waals surface area contributed by atoms with E-state index in [0.29, 0.717) is 29.8 Å². The van der Waals surface area contributed by atoms with Gasteiger partial charge in [-0.25, -0.2) is 0 Å². The number of ether oxygens (including phenoxy) is 6. The molecular weight excluding hydrogens is 528 g/mol. The van der Waals surface area contributed by atoms with Crippen molar-refractivity contribution in [1.29, 1.82) is 0 Å². The summed E-state index contributed by atoms with van der Waals surface area (Å²) in [7, 11) is -2.27. The van der Waals surface area contributed by atoms with Crippen molar-refractivity contribution < 1.29 is 38.0 Å². The van der Waals surface area contributed by atoms with Gasteiger partial charge >= 0.3 is 0 Å². The average molecular weight is 581 g/mol. The van der Waals surface area contributed by atoms with Crippen molar-refractivity contribution in [1.82, 2.24) is 0 Å². The maximum Gasteiger partial charge on any atom is 0.203 e. The number of benzene rings is 1. The highest BCUT2D eigenvalue weighted by atomic mass is 28.4. The van der Waals surface area contributed by atoms with Gasteiger partial charge in [0.1, 0.15) is 24.4 Å². The Bertz CT molecular complexity index is 919. The van der Waals surface area contributed by atoms with Crippen LogP contribution in [0.2, 0.25) is 16.6 Å².